The summed E-state index contributed by atoms with van der Waals surface area (Å²) in [6.45, 7) is 6.79. The quantitative estimate of drug-likeness (QED) is 0.759. The maximum Gasteiger partial charge on any atom is 0.222 e. The van der Waals surface area contributed by atoms with E-state index in [1.807, 2.05) is 9.80 Å². The maximum atomic E-state index is 13.1. The molecule has 6 nitrogen and oxygen atoms in total. The first-order valence-corrected chi connectivity index (χ1v) is 11.1. The second kappa shape index (κ2) is 8.92. The molecule has 30 heavy (non-hydrogen) atoms. The fraction of sp³-hybridized carbons (Fsp3) is 0.652. The van der Waals surface area contributed by atoms with Crippen LogP contribution in [-0.2, 0) is 14.3 Å². The minimum Gasteiger partial charge on any atom is -0.375 e. The van der Waals surface area contributed by atoms with E-state index in [0.717, 1.165) is 57.5 Å². The van der Waals surface area contributed by atoms with Crippen molar-refractivity contribution in [2.24, 2.45) is 5.92 Å². The van der Waals surface area contributed by atoms with E-state index >= 15 is 0 Å². The summed E-state index contributed by atoms with van der Waals surface area (Å²) in [7, 11) is 0. The van der Waals surface area contributed by atoms with E-state index in [4.69, 9.17) is 4.74 Å². The van der Waals surface area contributed by atoms with E-state index in [1.165, 1.54) is 12.1 Å². The summed E-state index contributed by atoms with van der Waals surface area (Å²) in [5, 5.41) is 0. The Balaban J connectivity index is 1.26. The van der Waals surface area contributed by atoms with Crippen LogP contribution in [-0.4, -0.2) is 73.1 Å². The van der Waals surface area contributed by atoms with Crippen molar-refractivity contribution in [3.05, 3.63) is 30.1 Å². The molecule has 3 saturated heterocycles. The molecule has 0 saturated carbocycles. The highest BCUT2D eigenvalue weighted by Crippen LogP contribution is 2.39. The number of anilines is 1. The molecule has 0 aromatic heterocycles. The van der Waals surface area contributed by atoms with Crippen LogP contribution in [0.5, 0.6) is 0 Å². The van der Waals surface area contributed by atoms with Crippen molar-refractivity contribution in [1.82, 2.24) is 9.80 Å². The van der Waals surface area contributed by atoms with Crippen molar-refractivity contribution in [2.45, 2.75) is 44.6 Å². The second-order valence-corrected chi connectivity index (χ2v) is 8.94. The van der Waals surface area contributed by atoms with Crippen molar-refractivity contribution in [3.8, 4) is 0 Å². The van der Waals surface area contributed by atoms with Gasteiger partial charge in [-0.15, -0.1) is 0 Å². The third-order valence-corrected chi connectivity index (χ3v) is 7.00. The van der Waals surface area contributed by atoms with Gasteiger partial charge in [-0.25, -0.2) is 4.39 Å². The van der Waals surface area contributed by atoms with Crippen LogP contribution in [0.1, 0.15) is 39.0 Å². The number of piperazine rings is 1. The summed E-state index contributed by atoms with van der Waals surface area (Å²) in [5.41, 5.74) is 0.850. The number of hydrogen-bond donors (Lipinski definition) is 0. The van der Waals surface area contributed by atoms with Crippen molar-refractivity contribution < 1.29 is 18.7 Å². The molecule has 3 fully saturated rings. The molecule has 164 valence electrons. The molecule has 1 spiro atoms. The van der Waals surface area contributed by atoms with Crippen LogP contribution in [0, 0.1) is 11.7 Å². The van der Waals surface area contributed by atoms with Crippen molar-refractivity contribution in [1.29, 1.82) is 0 Å². The summed E-state index contributed by atoms with van der Waals surface area (Å²) < 4.78 is 19.3. The molecule has 7 heteroatoms. The predicted molar refractivity (Wildman–Crippen MR) is 113 cm³/mol. The van der Waals surface area contributed by atoms with Crippen molar-refractivity contribution >= 4 is 17.5 Å². The number of halogens is 1. The third-order valence-electron chi connectivity index (χ3n) is 7.00. The standard InChI is InChI=1S/C23H32FN3O3/c1-18(28)25-9-7-23(8-10-25)17-19(6-15-30-23)16-22(29)27-13-11-26(12-14-27)21-4-2-20(24)3-5-21/h2-5,19H,6-17H2,1H3. The minimum absolute atomic E-state index is 0.132. The van der Waals surface area contributed by atoms with Gasteiger partial charge in [0.05, 0.1) is 5.60 Å². The van der Waals surface area contributed by atoms with Crippen LogP contribution in [0.25, 0.3) is 0 Å². The van der Waals surface area contributed by atoms with Gasteiger partial charge in [0.15, 0.2) is 0 Å². The first kappa shape index (κ1) is 21.1. The molecule has 3 aliphatic heterocycles. The van der Waals surface area contributed by atoms with Crippen LogP contribution < -0.4 is 4.90 Å². The van der Waals surface area contributed by atoms with Gasteiger partial charge in [-0.1, -0.05) is 0 Å². The first-order valence-electron chi connectivity index (χ1n) is 11.1. The Hall–Kier alpha value is -2.15. The smallest absolute Gasteiger partial charge is 0.222 e. The zero-order valence-electron chi connectivity index (χ0n) is 17.8. The normalized spacial score (nSPS) is 24.2. The van der Waals surface area contributed by atoms with Crippen molar-refractivity contribution in [3.63, 3.8) is 0 Å². The lowest BCUT2D eigenvalue weighted by Gasteiger charge is -2.46. The fourth-order valence-electron chi connectivity index (χ4n) is 5.12. The largest absolute Gasteiger partial charge is 0.375 e. The molecular formula is C23H32FN3O3. The molecule has 3 heterocycles. The number of carbonyl (C=O) groups excluding carboxylic acids is 2. The summed E-state index contributed by atoms with van der Waals surface area (Å²) in [5.74, 6) is 0.489. The molecule has 1 atom stereocenters. The summed E-state index contributed by atoms with van der Waals surface area (Å²) >= 11 is 0. The van der Waals surface area contributed by atoms with Gasteiger partial charge in [0.2, 0.25) is 11.8 Å². The fourth-order valence-corrected chi connectivity index (χ4v) is 5.12. The Bertz CT molecular complexity index is 753. The van der Waals surface area contributed by atoms with Crippen molar-refractivity contribution in [2.75, 3.05) is 50.8 Å². The number of benzene rings is 1. The SMILES string of the molecule is CC(=O)N1CCC2(CC1)CC(CC(=O)N1CCN(c3ccc(F)cc3)CC1)CCO2. The summed E-state index contributed by atoms with van der Waals surface area (Å²) in [6.07, 6.45) is 4.17. The molecule has 2 amide bonds. The van der Waals surface area contributed by atoms with E-state index in [0.29, 0.717) is 32.0 Å². The van der Waals surface area contributed by atoms with Gasteiger partial charge < -0.3 is 19.4 Å². The summed E-state index contributed by atoms with van der Waals surface area (Å²) in [6, 6.07) is 6.56. The van der Waals surface area contributed by atoms with Gasteiger partial charge in [0.25, 0.3) is 0 Å². The van der Waals surface area contributed by atoms with Gasteiger partial charge in [-0.2, -0.15) is 0 Å². The van der Waals surface area contributed by atoms with Gasteiger partial charge in [-0.05, 0) is 55.9 Å². The van der Waals surface area contributed by atoms with Gasteiger partial charge in [0, 0.05) is 64.9 Å². The number of rotatable bonds is 3. The zero-order chi connectivity index (χ0) is 21.1. The Kier molecular flexibility index (Phi) is 6.27. The Labute approximate surface area is 177 Å². The monoisotopic (exact) mass is 417 g/mol. The Morgan fingerprint density at radius 2 is 1.70 bits per heavy atom. The molecule has 0 N–H and O–H groups in total. The Morgan fingerprint density at radius 3 is 2.33 bits per heavy atom. The maximum absolute atomic E-state index is 13.1. The van der Waals surface area contributed by atoms with Crippen LogP contribution in [0.2, 0.25) is 0 Å². The average Bonchev–Trinajstić information content (AvgIpc) is 2.75. The van der Waals surface area contributed by atoms with Crippen LogP contribution >= 0.6 is 0 Å². The van der Waals surface area contributed by atoms with Crippen LogP contribution in [0.15, 0.2) is 24.3 Å². The van der Waals surface area contributed by atoms with E-state index in [2.05, 4.69) is 4.90 Å². The van der Waals surface area contributed by atoms with Gasteiger partial charge in [0.1, 0.15) is 5.82 Å². The number of nitrogens with zero attached hydrogens (tertiary/aromatic N) is 3. The number of amides is 2. The topological polar surface area (TPSA) is 53.1 Å². The predicted octanol–water partition coefficient (Wildman–Crippen LogP) is 2.67. The molecule has 0 bridgehead atoms. The number of hydrogen-bond acceptors (Lipinski definition) is 4. The third kappa shape index (κ3) is 4.77. The summed E-state index contributed by atoms with van der Waals surface area (Å²) in [4.78, 5) is 30.6. The number of ether oxygens (including phenoxy) is 1. The van der Waals surface area contributed by atoms with E-state index in [1.54, 1.807) is 19.1 Å². The van der Waals surface area contributed by atoms with E-state index in [9.17, 15) is 14.0 Å². The molecule has 0 radical (unpaired) electrons. The Morgan fingerprint density at radius 1 is 1.03 bits per heavy atom. The van der Waals surface area contributed by atoms with E-state index in [-0.39, 0.29) is 23.2 Å². The number of piperidine rings is 1. The molecular weight excluding hydrogens is 385 g/mol. The highest BCUT2D eigenvalue weighted by Gasteiger charge is 2.41. The lowest BCUT2D eigenvalue weighted by molar-refractivity contribution is -0.148. The van der Waals surface area contributed by atoms with Crippen LogP contribution in [0.4, 0.5) is 10.1 Å². The molecule has 3 aliphatic rings. The number of carbonyl (C=O) groups is 2. The first-order chi connectivity index (χ1) is 14.4. The second-order valence-electron chi connectivity index (χ2n) is 8.94. The number of likely N-dealkylation sites (tertiary alicyclic amines) is 1. The average molecular weight is 418 g/mol. The van der Waals surface area contributed by atoms with Gasteiger partial charge in [-0.3, -0.25) is 9.59 Å². The lowest BCUT2D eigenvalue weighted by atomic mass is 9.78. The molecule has 1 unspecified atom stereocenters. The van der Waals surface area contributed by atoms with Gasteiger partial charge >= 0.3 is 0 Å². The minimum atomic E-state index is -0.228. The molecule has 0 aliphatic carbocycles. The highest BCUT2D eigenvalue weighted by molar-refractivity contribution is 5.77. The highest BCUT2D eigenvalue weighted by atomic mass is 19.1. The molecule has 4 rings (SSSR count). The molecule has 1 aromatic carbocycles. The zero-order valence-corrected chi connectivity index (χ0v) is 17.8. The lowest BCUT2D eigenvalue weighted by Crippen LogP contribution is -2.51. The molecule has 1 aromatic rings. The van der Waals surface area contributed by atoms with Crippen LogP contribution in [0.3, 0.4) is 0 Å². The van der Waals surface area contributed by atoms with E-state index < -0.39 is 0 Å².